The number of fused-ring (bicyclic) bond motifs is 1. The van der Waals surface area contributed by atoms with Gasteiger partial charge in [-0.1, -0.05) is 0 Å². The van der Waals surface area contributed by atoms with Crippen LogP contribution in [-0.4, -0.2) is 32.0 Å². The lowest BCUT2D eigenvalue weighted by atomic mass is 10.5. The average Bonchev–Trinajstić information content (AvgIpc) is 2.33. The first-order valence-corrected chi connectivity index (χ1v) is 2.99. The van der Waals surface area contributed by atoms with Crippen LogP contribution in [0.2, 0.25) is 0 Å². The molecule has 2 heterocycles. The lowest BCUT2D eigenvalue weighted by Gasteiger charge is -2.19. The van der Waals surface area contributed by atoms with Crippen LogP contribution in [-0.2, 0) is 9.47 Å². The number of nitrogens with zero attached hydrogens (tertiary/aromatic N) is 1. The summed E-state index contributed by atoms with van der Waals surface area (Å²) >= 11 is 0. The fourth-order valence-electron chi connectivity index (χ4n) is 0.940. The minimum atomic E-state index is -0.0567. The molecule has 50 valence electrons. The van der Waals surface area contributed by atoms with Crippen molar-refractivity contribution < 1.29 is 9.47 Å². The summed E-state index contributed by atoms with van der Waals surface area (Å²) in [5.74, 6) is 0.709. The monoisotopic (exact) mass is 128 g/mol. The predicted molar refractivity (Wildman–Crippen MR) is 31.1 cm³/mol. The van der Waals surface area contributed by atoms with Crippen LogP contribution >= 0.6 is 0 Å². The SMILES string of the molecule is C1N=C2OCCOC2N1. The Morgan fingerprint density at radius 3 is 3.44 bits per heavy atom. The van der Waals surface area contributed by atoms with Crippen LogP contribution in [0.1, 0.15) is 0 Å². The molecule has 0 aromatic heterocycles. The Hall–Kier alpha value is -0.610. The van der Waals surface area contributed by atoms with E-state index in [4.69, 9.17) is 9.47 Å². The molecule has 2 aliphatic heterocycles. The van der Waals surface area contributed by atoms with Crippen molar-refractivity contribution in [2.75, 3.05) is 19.9 Å². The summed E-state index contributed by atoms with van der Waals surface area (Å²) in [6.45, 7) is 1.92. The lowest BCUT2D eigenvalue weighted by Crippen LogP contribution is -2.39. The van der Waals surface area contributed by atoms with E-state index in [2.05, 4.69) is 10.3 Å². The largest absolute Gasteiger partial charge is 0.476 e. The van der Waals surface area contributed by atoms with Crippen molar-refractivity contribution >= 4 is 5.90 Å². The molecule has 1 fully saturated rings. The van der Waals surface area contributed by atoms with Gasteiger partial charge in [0.2, 0.25) is 5.90 Å². The van der Waals surface area contributed by atoms with Gasteiger partial charge in [0.1, 0.15) is 6.61 Å². The molecule has 0 aliphatic carbocycles. The summed E-state index contributed by atoms with van der Waals surface area (Å²) in [6, 6.07) is 0. The molecule has 0 bridgehead atoms. The molecular formula is C5H8N2O2. The molecule has 0 saturated carbocycles. The van der Waals surface area contributed by atoms with E-state index in [-0.39, 0.29) is 6.23 Å². The van der Waals surface area contributed by atoms with Crippen molar-refractivity contribution in [1.29, 1.82) is 0 Å². The fraction of sp³-hybridized carbons (Fsp3) is 0.800. The summed E-state index contributed by atoms with van der Waals surface area (Å²) in [5, 5.41) is 3.01. The smallest absolute Gasteiger partial charge is 0.230 e. The van der Waals surface area contributed by atoms with E-state index < -0.39 is 0 Å². The van der Waals surface area contributed by atoms with Gasteiger partial charge in [0, 0.05) is 0 Å². The molecule has 4 nitrogen and oxygen atoms in total. The maximum Gasteiger partial charge on any atom is 0.230 e. The molecule has 0 amide bonds. The number of hydrogen-bond donors (Lipinski definition) is 1. The van der Waals surface area contributed by atoms with E-state index in [1.165, 1.54) is 0 Å². The van der Waals surface area contributed by atoms with Crippen molar-refractivity contribution in [1.82, 2.24) is 5.32 Å². The van der Waals surface area contributed by atoms with Gasteiger partial charge >= 0.3 is 0 Å². The molecule has 9 heavy (non-hydrogen) atoms. The van der Waals surface area contributed by atoms with Crippen molar-refractivity contribution in [3.8, 4) is 0 Å². The van der Waals surface area contributed by atoms with Gasteiger partial charge in [0.05, 0.1) is 13.3 Å². The van der Waals surface area contributed by atoms with Crippen LogP contribution in [0.3, 0.4) is 0 Å². The van der Waals surface area contributed by atoms with Gasteiger partial charge in [0.15, 0.2) is 6.23 Å². The summed E-state index contributed by atoms with van der Waals surface area (Å²) < 4.78 is 10.4. The van der Waals surface area contributed by atoms with E-state index >= 15 is 0 Å². The average molecular weight is 128 g/mol. The Kier molecular flexibility index (Phi) is 1.13. The zero-order chi connectivity index (χ0) is 6.10. The van der Waals surface area contributed by atoms with E-state index in [1.807, 2.05) is 0 Å². The number of ether oxygens (including phenoxy) is 2. The summed E-state index contributed by atoms with van der Waals surface area (Å²) in [4.78, 5) is 4.02. The third-order valence-corrected chi connectivity index (χ3v) is 1.35. The van der Waals surface area contributed by atoms with Gasteiger partial charge in [-0.25, -0.2) is 4.99 Å². The highest BCUT2D eigenvalue weighted by atomic mass is 16.6. The van der Waals surface area contributed by atoms with Crippen molar-refractivity contribution in [3.63, 3.8) is 0 Å². The summed E-state index contributed by atoms with van der Waals surface area (Å²) in [6.07, 6.45) is -0.0567. The molecule has 0 spiro atoms. The minimum absolute atomic E-state index is 0.0567. The quantitative estimate of drug-likeness (QED) is 0.470. The molecule has 2 rings (SSSR count). The highest BCUT2D eigenvalue weighted by molar-refractivity contribution is 5.82. The van der Waals surface area contributed by atoms with E-state index in [1.54, 1.807) is 0 Å². The van der Waals surface area contributed by atoms with Crippen LogP contribution in [0, 0.1) is 0 Å². The maximum absolute atomic E-state index is 5.23. The predicted octanol–water partition coefficient (Wildman–Crippen LogP) is -0.681. The lowest BCUT2D eigenvalue weighted by molar-refractivity contribution is 0.00830. The number of aliphatic imine (C=N–C) groups is 1. The highest BCUT2D eigenvalue weighted by Gasteiger charge is 2.25. The van der Waals surface area contributed by atoms with Crippen LogP contribution < -0.4 is 5.32 Å². The Morgan fingerprint density at radius 1 is 1.56 bits per heavy atom. The van der Waals surface area contributed by atoms with Gasteiger partial charge in [0.25, 0.3) is 0 Å². The molecule has 2 aliphatic rings. The fourth-order valence-corrected chi connectivity index (χ4v) is 0.940. The molecule has 0 aromatic carbocycles. The molecule has 0 aromatic rings. The van der Waals surface area contributed by atoms with E-state index in [0.717, 1.165) is 0 Å². The molecule has 1 atom stereocenters. The minimum Gasteiger partial charge on any atom is -0.476 e. The van der Waals surface area contributed by atoms with Crippen LogP contribution in [0.4, 0.5) is 0 Å². The van der Waals surface area contributed by atoms with Crippen molar-refractivity contribution in [2.45, 2.75) is 6.23 Å². The number of hydrogen-bond acceptors (Lipinski definition) is 4. The standard InChI is InChI=1S/C5H8N2O2/c1-2-9-5-4(8-1)6-3-7-5/h4,6H,1-3H2. The Morgan fingerprint density at radius 2 is 2.56 bits per heavy atom. The summed E-state index contributed by atoms with van der Waals surface area (Å²) in [7, 11) is 0. The summed E-state index contributed by atoms with van der Waals surface area (Å²) in [5.41, 5.74) is 0. The molecule has 1 unspecified atom stereocenters. The zero-order valence-electron chi connectivity index (χ0n) is 4.96. The van der Waals surface area contributed by atoms with Gasteiger partial charge in [-0.3, -0.25) is 5.32 Å². The Labute approximate surface area is 52.9 Å². The molecule has 0 radical (unpaired) electrons. The van der Waals surface area contributed by atoms with E-state index in [9.17, 15) is 0 Å². The third-order valence-electron chi connectivity index (χ3n) is 1.35. The first-order chi connectivity index (χ1) is 4.47. The highest BCUT2D eigenvalue weighted by Crippen LogP contribution is 2.05. The first kappa shape index (κ1) is 5.20. The molecule has 4 heteroatoms. The third kappa shape index (κ3) is 0.799. The molecule has 1 N–H and O–H groups in total. The van der Waals surface area contributed by atoms with E-state index in [0.29, 0.717) is 25.8 Å². The Bertz CT molecular complexity index is 146. The van der Waals surface area contributed by atoms with Gasteiger partial charge in [-0.2, -0.15) is 0 Å². The molecule has 1 saturated heterocycles. The van der Waals surface area contributed by atoms with Gasteiger partial charge in [-0.05, 0) is 0 Å². The first-order valence-electron chi connectivity index (χ1n) is 2.99. The van der Waals surface area contributed by atoms with Crippen molar-refractivity contribution in [2.24, 2.45) is 4.99 Å². The van der Waals surface area contributed by atoms with Crippen LogP contribution in [0.25, 0.3) is 0 Å². The Balaban J connectivity index is 2.09. The van der Waals surface area contributed by atoms with Crippen molar-refractivity contribution in [3.05, 3.63) is 0 Å². The second-order valence-corrected chi connectivity index (χ2v) is 1.96. The van der Waals surface area contributed by atoms with Crippen LogP contribution in [0.15, 0.2) is 4.99 Å². The topological polar surface area (TPSA) is 42.9 Å². The maximum atomic E-state index is 5.23. The number of rotatable bonds is 0. The second-order valence-electron chi connectivity index (χ2n) is 1.96. The normalized spacial score (nSPS) is 32.9. The van der Waals surface area contributed by atoms with Gasteiger partial charge < -0.3 is 9.47 Å². The van der Waals surface area contributed by atoms with Gasteiger partial charge in [-0.15, -0.1) is 0 Å². The van der Waals surface area contributed by atoms with Crippen LogP contribution in [0.5, 0.6) is 0 Å². The number of nitrogens with one attached hydrogen (secondary N) is 1. The zero-order valence-corrected chi connectivity index (χ0v) is 4.96. The molecular weight excluding hydrogens is 120 g/mol. The second kappa shape index (κ2) is 1.97.